The van der Waals surface area contributed by atoms with Crippen LogP contribution in [0.25, 0.3) is 0 Å². The first-order chi connectivity index (χ1) is 58.3. The number of ether oxygens (including phenoxy) is 6. The number of benzene rings is 6. The second-order valence-electron chi connectivity index (χ2n) is 34.6. The molecule has 8 atom stereocenters. The Morgan fingerprint density at radius 2 is 0.792 bits per heavy atom. The molecule has 6 aromatic carbocycles. The molecule has 8 fully saturated rings. The highest BCUT2D eigenvalue weighted by atomic mass is 79.9. The van der Waals surface area contributed by atoms with Crippen LogP contribution in [-0.2, 0) is 54.3 Å². The smallest absolute Gasteiger partial charge is 0.306 e. The zero-order chi connectivity index (χ0) is 89.9. The van der Waals surface area contributed by atoms with Gasteiger partial charge in [0.25, 0.3) is 0 Å². The van der Waals surface area contributed by atoms with E-state index in [0.29, 0.717) is 72.8 Å². The third kappa shape index (κ3) is 31.9. The Labute approximate surface area is 751 Å². The Morgan fingerprint density at radius 3 is 1.11 bits per heavy atom. The number of nitrogens with zero attached hydrogens (tertiary/aromatic N) is 4. The topological polar surface area (TPSA) is 252 Å². The SMILES string of the molecule is BrCC1CC1.COc1cc(F)c(C2CC(=O)N(CC3CC3)C[C@H]2CC(=O)Cc2ccc(Cl)cc2)c(F)c1.COc1cc(F)c(C2CC(=O)N(CC3CC3)C[C@H]2CC(=O)OC(C)(C)C)c(F)c1.COc1cc(F)c(C2CC(=O)N(CC3CC3)C[C@H]2N)c(F)c1.COc1cc(F)c(C2CC(=O)NC[C@H]2CC(=O)OC(C)(C)C)c(F)c1.Cl.O=C=Nc1ccc(Cl)cc1.[B]. The van der Waals surface area contributed by atoms with Gasteiger partial charge in [-0.1, -0.05) is 51.3 Å². The van der Waals surface area contributed by atoms with E-state index >= 15 is 0 Å². The molecule has 4 unspecified atom stereocenters. The average molecular weight is 1870 g/mol. The number of likely N-dealkylation sites (tertiary alicyclic amines) is 3. The van der Waals surface area contributed by atoms with Gasteiger partial charge in [-0.2, -0.15) is 4.99 Å². The third-order valence-corrected chi connectivity index (χ3v) is 23.8. The van der Waals surface area contributed by atoms with Gasteiger partial charge in [0.2, 0.25) is 29.7 Å². The number of halogens is 12. The Hall–Kier alpha value is -8.80. The van der Waals surface area contributed by atoms with E-state index in [1.807, 2.05) is 0 Å². The van der Waals surface area contributed by atoms with E-state index in [1.54, 1.807) is 105 Å². The lowest BCUT2D eigenvalue weighted by Gasteiger charge is -2.39. The fourth-order valence-corrected chi connectivity index (χ4v) is 16.4. The van der Waals surface area contributed by atoms with Gasteiger partial charge in [0, 0.05) is 209 Å². The summed E-state index contributed by atoms with van der Waals surface area (Å²) < 4.78 is 147. The third-order valence-electron chi connectivity index (χ3n) is 22.4. The van der Waals surface area contributed by atoms with Crippen LogP contribution in [0.4, 0.5) is 40.8 Å². The van der Waals surface area contributed by atoms with Crippen LogP contribution in [-0.4, -0.2) is 167 Å². The van der Waals surface area contributed by atoms with Gasteiger partial charge in [-0.25, -0.2) is 39.9 Å². The monoisotopic (exact) mass is 1870 g/mol. The van der Waals surface area contributed by atoms with Crippen molar-refractivity contribution in [3.05, 3.63) is 181 Å². The molecule has 6 aromatic rings. The molecule has 0 spiro atoms. The molecule has 4 saturated heterocycles. The van der Waals surface area contributed by atoms with Crippen LogP contribution >= 0.6 is 51.5 Å². The minimum atomic E-state index is -0.786. The normalized spacial score (nSPS) is 20.9. The summed E-state index contributed by atoms with van der Waals surface area (Å²) in [5.74, 6) is -8.63. The Kier molecular flexibility index (Phi) is 39.1. The zero-order valence-corrected chi connectivity index (χ0v) is 75.8. The predicted molar refractivity (Wildman–Crippen MR) is 465 cm³/mol. The van der Waals surface area contributed by atoms with Gasteiger partial charge in [0.05, 0.1) is 47.0 Å². The Balaban J connectivity index is 0.000000216. The molecule has 14 rings (SSSR count). The quantitative estimate of drug-likeness (QED) is 0.0143. The molecule has 679 valence electrons. The molecule has 4 amide bonds. The van der Waals surface area contributed by atoms with E-state index in [4.69, 9.17) is 57.4 Å². The lowest BCUT2D eigenvalue weighted by atomic mass is 9.76. The van der Waals surface area contributed by atoms with Crippen LogP contribution in [0.5, 0.6) is 23.0 Å². The molecule has 0 bridgehead atoms. The van der Waals surface area contributed by atoms with E-state index in [1.165, 1.54) is 52.7 Å². The average Bonchev–Trinajstić information content (AvgIpc) is 1.57. The molecule has 4 heterocycles. The first kappa shape index (κ1) is 103. The molecule has 8 aliphatic rings. The van der Waals surface area contributed by atoms with E-state index < -0.39 is 111 Å². The van der Waals surface area contributed by atoms with E-state index in [9.17, 15) is 73.5 Å². The van der Waals surface area contributed by atoms with Crippen molar-refractivity contribution in [3.8, 4) is 23.0 Å². The second-order valence-corrected chi connectivity index (χ2v) is 36.2. The summed E-state index contributed by atoms with van der Waals surface area (Å²) in [6.07, 6.45) is 11.3. The fraction of sp³-hybridized carbons (Fsp3) is 0.522. The van der Waals surface area contributed by atoms with Gasteiger partial charge in [0.1, 0.15) is 86.5 Å². The highest BCUT2D eigenvalue weighted by Gasteiger charge is 2.45. The first-order valence-corrected chi connectivity index (χ1v) is 43.2. The highest BCUT2D eigenvalue weighted by molar-refractivity contribution is 9.09. The number of ketones is 1. The van der Waals surface area contributed by atoms with E-state index in [2.05, 4.69) is 26.2 Å². The number of methoxy groups -OCH3 is 4. The Bertz CT molecular complexity index is 4650. The molecular formula is C92H110BBrCl3F8N6O14. The molecule has 125 heavy (non-hydrogen) atoms. The maximum absolute atomic E-state index is 14.9. The number of alkyl halides is 1. The van der Waals surface area contributed by atoms with E-state index in [-0.39, 0.29) is 159 Å². The fourth-order valence-electron chi connectivity index (χ4n) is 15.5. The van der Waals surface area contributed by atoms with Gasteiger partial charge in [0.15, 0.2) is 0 Å². The van der Waals surface area contributed by atoms with Gasteiger partial charge >= 0.3 is 11.9 Å². The van der Waals surface area contributed by atoms with Crippen molar-refractivity contribution in [2.75, 3.05) is 79.6 Å². The molecule has 20 nitrogen and oxygen atoms in total. The molecule has 3 radical (unpaired) electrons. The number of nitrogens with two attached hydrogens (primary N) is 1. The first-order valence-electron chi connectivity index (χ1n) is 41.3. The van der Waals surface area contributed by atoms with Crippen molar-refractivity contribution in [2.24, 2.45) is 52.2 Å². The molecule has 3 N–H and O–H groups in total. The maximum Gasteiger partial charge on any atom is 0.306 e. The van der Waals surface area contributed by atoms with Gasteiger partial charge in [-0.15, -0.1) is 12.4 Å². The summed E-state index contributed by atoms with van der Waals surface area (Å²) in [6, 6.07) is 22.1. The van der Waals surface area contributed by atoms with Crippen molar-refractivity contribution < 1.29 is 102 Å². The molecule has 0 aromatic heterocycles. The number of amides is 4. The molecule has 4 aliphatic carbocycles. The standard InChI is InChI=1S/C25H26ClF2NO3.C22H29F2NO4.C18H23F2NO4.C16H20F2N2O2.C7H4ClNO.C4H7Br.B.ClH/c1-32-20-10-22(27)25(23(28)11-20)21-12-24(31)29(13-16-2-3-16)14-17(21)9-19(30)8-15-4-6-18(26)7-5-15;1-22(2,3)29-20(27)7-14-12-25(11-13-5-6-13)19(26)10-16(14)21-17(23)8-15(28-4)9-18(21)24;1-18(2,3)25-16(23)5-10-9-21-15(22)8-12(10)17-13(19)6-11(24-4)7-14(17)20;1-22-10-4-12(17)16(13(18)5-10)11-6-15(21)20(8-14(11)19)7-9-2-3-9;8-6-1-3-7(4-2-6)9-5-10;5-3-4-1-2-4;;/h4-7,10-11,16-17,21H,2-3,8-9,12-14H2,1H3;8-9,13-14,16H,5-7,10-12H2,1-4H3;6-7,10,12H,5,8-9H2,1-4H3,(H,21,22);4-5,9,11,14H,2-3,6-8,19H2,1H3;1-4H;4H,1-3H2;;1H/t17-,21?;14-,16?;10-,12?;11?,14-;;;;/m1111..../s1. The number of nitrogens with one attached hydrogen (secondary N) is 1. The summed E-state index contributed by atoms with van der Waals surface area (Å²) in [5.41, 5.74) is 5.63. The number of piperidine rings is 4. The Morgan fingerprint density at radius 1 is 0.480 bits per heavy atom. The van der Waals surface area contributed by atoms with Crippen molar-refractivity contribution in [1.29, 1.82) is 0 Å². The summed E-state index contributed by atoms with van der Waals surface area (Å²) >= 11 is 14.9. The number of hydrogen-bond donors (Lipinski definition) is 2. The van der Waals surface area contributed by atoms with Gasteiger partial charge in [-0.3, -0.25) is 33.6 Å². The number of hydrogen-bond acceptors (Lipinski definition) is 16. The minimum Gasteiger partial charge on any atom is -0.497 e. The number of carbonyl (C=O) groups excluding carboxylic acids is 8. The largest absolute Gasteiger partial charge is 0.497 e. The van der Waals surface area contributed by atoms with Crippen molar-refractivity contribution in [1.82, 2.24) is 20.0 Å². The predicted octanol–water partition coefficient (Wildman–Crippen LogP) is 18.3. The van der Waals surface area contributed by atoms with Crippen LogP contribution < -0.4 is 30.0 Å². The number of esters is 2. The summed E-state index contributed by atoms with van der Waals surface area (Å²) in [4.78, 5) is 105. The van der Waals surface area contributed by atoms with Gasteiger partial charge in [-0.05, 0) is 176 Å². The lowest BCUT2D eigenvalue weighted by molar-refractivity contribution is -0.158. The van der Waals surface area contributed by atoms with Crippen LogP contribution in [0.3, 0.4) is 0 Å². The highest BCUT2D eigenvalue weighted by Crippen LogP contribution is 2.46. The maximum atomic E-state index is 14.9. The number of carbonyl (C=O) groups is 7. The number of rotatable bonds is 24. The zero-order valence-electron chi connectivity index (χ0n) is 71.9. The van der Waals surface area contributed by atoms with Crippen molar-refractivity contribution in [2.45, 2.75) is 185 Å². The molecular weight excluding hydrogens is 1760 g/mol. The lowest BCUT2D eigenvalue weighted by Crippen LogP contribution is -2.51. The minimum absolute atomic E-state index is 0. The number of aliphatic imine (C=N–C) groups is 1. The number of isocyanates is 1. The second kappa shape index (κ2) is 47.3. The van der Waals surface area contributed by atoms with Crippen LogP contribution in [0.15, 0.2) is 102 Å². The molecule has 33 heteroatoms. The van der Waals surface area contributed by atoms with Crippen LogP contribution in [0, 0.1) is 88.0 Å². The molecule has 4 aliphatic heterocycles. The summed E-state index contributed by atoms with van der Waals surface area (Å²) in [5, 5.41) is 5.09. The summed E-state index contributed by atoms with van der Waals surface area (Å²) in [7, 11) is 5.33. The van der Waals surface area contributed by atoms with Crippen LogP contribution in [0.1, 0.15) is 189 Å². The van der Waals surface area contributed by atoms with Crippen LogP contribution in [0.2, 0.25) is 10.0 Å². The van der Waals surface area contributed by atoms with Gasteiger partial charge < -0.3 is 54.2 Å². The van der Waals surface area contributed by atoms with E-state index in [0.717, 1.165) is 98.5 Å². The number of Topliss-reactive ketones (excluding diaryl/α,β-unsaturated/α-hetero) is 1. The summed E-state index contributed by atoms with van der Waals surface area (Å²) in [6.45, 7) is 13.7. The molecule has 4 saturated carbocycles. The van der Waals surface area contributed by atoms with Crippen molar-refractivity contribution in [3.63, 3.8) is 0 Å². The van der Waals surface area contributed by atoms with Crippen molar-refractivity contribution >= 4 is 113 Å².